The number of carbonyl (C=O) groups is 2. The van der Waals surface area contributed by atoms with Crippen molar-refractivity contribution in [3.63, 3.8) is 0 Å². The Balaban J connectivity index is 2.08. The maximum atomic E-state index is 13.2. The van der Waals surface area contributed by atoms with Gasteiger partial charge >= 0.3 is 0 Å². The van der Waals surface area contributed by atoms with Crippen molar-refractivity contribution in [2.45, 2.75) is 13.0 Å². The molecule has 0 saturated heterocycles. The number of ether oxygens (including phenoxy) is 2. The number of fused-ring (bicyclic) bond motifs is 1. The van der Waals surface area contributed by atoms with E-state index in [0.717, 1.165) is 0 Å². The SMILES string of the molecule is CCOc1cc(C(C[S+](C)[O-])N2C(=O)c3cccc(NC)c3C2=O)ccc1OC. The fourth-order valence-electron chi connectivity index (χ4n) is 3.51. The molecular formula is C21H24N2O5S. The van der Waals surface area contributed by atoms with E-state index in [1.165, 1.54) is 4.90 Å². The first-order chi connectivity index (χ1) is 13.9. The second kappa shape index (κ2) is 8.75. The Morgan fingerprint density at radius 1 is 1.17 bits per heavy atom. The zero-order chi connectivity index (χ0) is 21.1. The van der Waals surface area contributed by atoms with Crippen LogP contribution in [0.4, 0.5) is 5.69 Å². The zero-order valence-corrected chi connectivity index (χ0v) is 17.7. The third-order valence-electron chi connectivity index (χ3n) is 4.79. The number of carbonyl (C=O) groups excluding carboxylic acids is 2. The number of hydrogen-bond acceptors (Lipinski definition) is 6. The minimum absolute atomic E-state index is 0.123. The quantitative estimate of drug-likeness (QED) is 0.526. The van der Waals surface area contributed by atoms with Gasteiger partial charge in [-0.3, -0.25) is 14.5 Å². The molecule has 0 saturated carbocycles. The number of rotatable bonds is 8. The first kappa shape index (κ1) is 21.0. The summed E-state index contributed by atoms with van der Waals surface area (Å²) in [6, 6.07) is 9.65. The molecule has 29 heavy (non-hydrogen) atoms. The normalized spacial score (nSPS) is 15.1. The highest BCUT2D eigenvalue weighted by Gasteiger charge is 2.43. The Hall–Kier alpha value is -2.71. The summed E-state index contributed by atoms with van der Waals surface area (Å²) in [7, 11) is 3.24. The molecule has 1 aliphatic heterocycles. The lowest BCUT2D eigenvalue weighted by atomic mass is 10.1. The monoisotopic (exact) mass is 416 g/mol. The fraction of sp³-hybridized carbons (Fsp3) is 0.333. The van der Waals surface area contributed by atoms with Crippen molar-refractivity contribution < 1.29 is 23.6 Å². The summed E-state index contributed by atoms with van der Waals surface area (Å²) in [5.41, 5.74) is 1.92. The number of nitrogens with one attached hydrogen (secondary N) is 1. The van der Waals surface area contributed by atoms with Crippen LogP contribution in [0.1, 0.15) is 39.2 Å². The molecule has 2 aromatic rings. The minimum atomic E-state index is -1.25. The third-order valence-corrected chi connectivity index (χ3v) is 5.58. The van der Waals surface area contributed by atoms with E-state index in [2.05, 4.69) is 5.32 Å². The van der Waals surface area contributed by atoms with Crippen molar-refractivity contribution >= 4 is 28.7 Å². The van der Waals surface area contributed by atoms with Gasteiger partial charge < -0.3 is 19.3 Å². The molecule has 0 aliphatic carbocycles. The highest BCUT2D eigenvalue weighted by atomic mass is 32.2. The van der Waals surface area contributed by atoms with Crippen molar-refractivity contribution in [2.75, 3.05) is 38.1 Å². The van der Waals surface area contributed by atoms with Gasteiger partial charge in [-0.15, -0.1) is 0 Å². The average Bonchev–Trinajstić information content (AvgIpc) is 2.97. The molecule has 0 bridgehead atoms. The molecule has 0 radical (unpaired) electrons. The largest absolute Gasteiger partial charge is 0.616 e. The van der Waals surface area contributed by atoms with E-state index < -0.39 is 29.0 Å². The third kappa shape index (κ3) is 3.90. The highest BCUT2D eigenvalue weighted by Crippen LogP contribution is 2.38. The first-order valence-corrected chi connectivity index (χ1v) is 10.9. The lowest BCUT2D eigenvalue weighted by molar-refractivity contribution is 0.0597. The number of nitrogens with zero attached hydrogens (tertiary/aromatic N) is 1. The molecule has 1 heterocycles. The molecule has 8 heteroatoms. The van der Waals surface area contributed by atoms with Gasteiger partial charge in [0.25, 0.3) is 11.8 Å². The summed E-state index contributed by atoms with van der Waals surface area (Å²) in [6.07, 6.45) is 1.55. The maximum Gasteiger partial charge on any atom is 0.264 e. The molecule has 2 atom stereocenters. The maximum absolute atomic E-state index is 13.2. The van der Waals surface area contributed by atoms with Crippen LogP contribution in [0.15, 0.2) is 36.4 Å². The second-order valence-corrected chi connectivity index (χ2v) is 8.04. The van der Waals surface area contributed by atoms with E-state index in [-0.39, 0.29) is 5.75 Å². The van der Waals surface area contributed by atoms with Gasteiger partial charge in [-0.05, 0) is 36.8 Å². The molecule has 0 fully saturated rings. The summed E-state index contributed by atoms with van der Waals surface area (Å²) in [6.45, 7) is 2.29. The molecule has 7 nitrogen and oxygen atoms in total. The van der Waals surface area contributed by atoms with Gasteiger partial charge in [-0.25, -0.2) is 0 Å². The molecule has 2 unspecified atom stereocenters. The summed E-state index contributed by atoms with van der Waals surface area (Å²) in [4.78, 5) is 27.6. The van der Waals surface area contributed by atoms with Crippen LogP contribution in [-0.2, 0) is 11.2 Å². The van der Waals surface area contributed by atoms with Gasteiger partial charge in [0.1, 0.15) is 11.8 Å². The van der Waals surface area contributed by atoms with Crippen LogP contribution >= 0.6 is 0 Å². The van der Waals surface area contributed by atoms with Crippen molar-refractivity contribution in [1.29, 1.82) is 0 Å². The molecule has 2 amide bonds. The Morgan fingerprint density at radius 2 is 1.93 bits per heavy atom. The Labute approximate surface area is 173 Å². The number of imide groups is 1. The first-order valence-electron chi connectivity index (χ1n) is 9.22. The van der Waals surface area contributed by atoms with E-state index in [9.17, 15) is 14.1 Å². The number of methoxy groups -OCH3 is 1. The summed E-state index contributed by atoms with van der Waals surface area (Å²) < 4.78 is 23.1. The topological polar surface area (TPSA) is 90.9 Å². The number of benzene rings is 2. The standard InChI is InChI=1S/C21H24N2O5S/c1-5-28-18-11-13(9-10-17(18)27-3)16(12-29(4)26)23-20(24)14-7-6-8-15(22-2)19(14)21(23)25/h6-11,16,22H,5,12H2,1-4H3. The van der Waals surface area contributed by atoms with Gasteiger partial charge in [0.2, 0.25) is 0 Å². The Morgan fingerprint density at radius 3 is 2.55 bits per heavy atom. The molecule has 2 aromatic carbocycles. The lowest BCUT2D eigenvalue weighted by Crippen LogP contribution is -2.37. The summed E-state index contributed by atoms with van der Waals surface area (Å²) in [5, 5.41) is 2.96. The lowest BCUT2D eigenvalue weighted by Gasteiger charge is -2.27. The van der Waals surface area contributed by atoms with Crippen LogP contribution in [0, 0.1) is 0 Å². The van der Waals surface area contributed by atoms with Crippen molar-refractivity contribution in [3.8, 4) is 11.5 Å². The predicted octanol–water partition coefficient (Wildman–Crippen LogP) is 2.85. The molecular weight excluding hydrogens is 392 g/mol. The number of hydrogen-bond donors (Lipinski definition) is 1. The molecule has 1 N–H and O–H groups in total. The van der Waals surface area contributed by atoms with Crippen molar-refractivity contribution in [1.82, 2.24) is 4.90 Å². The van der Waals surface area contributed by atoms with Gasteiger partial charge in [-0.2, -0.15) is 0 Å². The highest BCUT2D eigenvalue weighted by molar-refractivity contribution is 7.90. The molecule has 154 valence electrons. The molecule has 0 aromatic heterocycles. The van der Waals surface area contributed by atoms with Crippen LogP contribution in [0.2, 0.25) is 0 Å². The van der Waals surface area contributed by atoms with E-state index >= 15 is 0 Å². The van der Waals surface area contributed by atoms with E-state index in [1.54, 1.807) is 56.8 Å². The van der Waals surface area contributed by atoms with Gasteiger partial charge in [0, 0.05) is 12.7 Å². The van der Waals surface area contributed by atoms with Crippen LogP contribution < -0.4 is 14.8 Å². The second-order valence-electron chi connectivity index (χ2n) is 6.56. The van der Waals surface area contributed by atoms with E-state index in [0.29, 0.717) is 40.5 Å². The van der Waals surface area contributed by atoms with E-state index in [1.807, 2.05) is 6.92 Å². The fourth-order valence-corrected chi connectivity index (χ4v) is 4.29. The predicted molar refractivity (Wildman–Crippen MR) is 112 cm³/mol. The van der Waals surface area contributed by atoms with Crippen LogP contribution in [0.5, 0.6) is 11.5 Å². The van der Waals surface area contributed by atoms with Crippen LogP contribution in [0.25, 0.3) is 0 Å². The zero-order valence-electron chi connectivity index (χ0n) is 16.9. The van der Waals surface area contributed by atoms with Gasteiger partial charge in [-0.1, -0.05) is 23.3 Å². The van der Waals surface area contributed by atoms with Gasteiger partial charge in [0.15, 0.2) is 11.5 Å². The Kier molecular flexibility index (Phi) is 6.34. The van der Waals surface area contributed by atoms with Gasteiger partial charge in [0.05, 0.1) is 31.1 Å². The van der Waals surface area contributed by atoms with Crippen molar-refractivity contribution in [3.05, 3.63) is 53.1 Å². The average molecular weight is 416 g/mol. The number of anilines is 1. The van der Waals surface area contributed by atoms with E-state index in [4.69, 9.17) is 9.47 Å². The Bertz CT molecular complexity index is 931. The molecule has 0 spiro atoms. The summed E-state index contributed by atoms with van der Waals surface area (Å²) >= 11 is -1.25. The molecule has 1 aliphatic rings. The smallest absolute Gasteiger partial charge is 0.264 e. The van der Waals surface area contributed by atoms with Crippen molar-refractivity contribution in [2.24, 2.45) is 0 Å². The number of amides is 2. The van der Waals surface area contributed by atoms with Crippen LogP contribution in [0.3, 0.4) is 0 Å². The molecule has 3 rings (SSSR count). The minimum Gasteiger partial charge on any atom is -0.616 e. The summed E-state index contributed by atoms with van der Waals surface area (Å²) in [5.74, 6) is 0.377. The van der Waals surface area contributed by atoms with Crippen LogP contribution in [-0.4, -0.2) is 54.0 Å².